The molecule has 1 unspecified atom stereocenters. The Labute approximate surface area is 132 Å². The molecule has 1 aromatic heterocycles. The smallest absolute Gasteiger partial charge is 0.339 e. The molecule has 0 radical (unpaired) electrons. The summed E-state index contributed by atoms with van der Waals surface area (Å²) >= 11 is 7.32. The lowest BCUT2D eigenvalue weighted by molar-refractivity contribution is -0.0700. The summed E-state index contributed by atoms with van der Waals surface area (Å²) in [5.74, 6) is 0. The first-order valence-corrected chi connectivity index (χ1v) is 7.48. The minimum Gasteiger partial charge on any atom is -0.350 e. The number of hydrogen-bond acceptors (Lipinski definition) is 3. The van der Waals surface area contributed by atoms with Gasteiger partial charge in [0.25, 0.3) is 0 Å². The molecule has 0 aliphatic heterocycles. The number of carbonyl (C=O) groups is 1. The molecule has 3 N–H and O–H groups in total. The van der Waals surface area contributed by atoms with Gasteiger partial charge in [-0.15, -0.1) is 11.3 Å². The Hall–Kier alpha value is -1.82. The van der Waals surface area contributed by atoms with E-state index in [2.05, 4.69) is 0 Å². The predicted octanol–water partition coefficient (Wildman–Crippen LogP) is 4.40. The zero-order chi connectivity index (χ0) is 15.4. The van der Waals surface area contributed by atoms with E-state index in [1.54, 1.807) is 6.92 Å². The van der Waals surface area contributed by atoms with Gasteiger partial charge in [0.1, 0.15) is 0 Å². The van der Waals surface area contributed by atoms with E-state index in [0.717, 1.165) is 15.3 Å². The van der Waals surface area contributed by atoms with E-state index in [9.17, 15) is 10.0 Å². The third-order valence-corrected chi connectivity index (χ3v) is 4.43. The maximum Gasteiger partial charge on any atom is 0.339 e. The fraction of sp³-hybridized carbons (Fsp3) is 0.133. The van der Waals surface area contributed by atoms with Crippen molar-refractivity contribution in [2.45, 2.75) is 13.0 Å². The van der Waals surface area contributed by atoms with Crippen molar-refractivity contribution in [1.82, 2.24) is 5.06 Å². The molecule has 1 heterocycles. The SMILES string of the molecule is CC(c1ccc(/C=C/c2ccc(Cl)cc2)s1)N(O)C(N)=O. The standard InChI is InChI=1S/C15H15ClN2O2S/c1-10(18(20)15(17)19)14-9-8-13(21-14)7-4-11-2-5-12(16)6-3-11/h2-10,20H,1H3,(H2,17,19)/b7-4+. The molecule has 1 aromatic carbocycles. The summed E-state index contributed by atoms with van der Waals surface area (Å²) in [4.78, 5) is 12.8. The minimum atomic E-state index is -0.867. The van der Waals surface area contributed by atoms with Gasteiger partial charge in [0, 0.05) is 14.8 Å². The fourth-order valence-electron chi connectivity index (χ4n) is 1.75. The molecule has 2 amide bonds. The number of benzene rings is 1. The molecule has 0 saturated heterocycles. The van der Waals surface area contributed by atoms with Gasteiger partial charge in [0.05, 0.1) is 6.04 Å². The summed E-state index contributed by atoms with van der Waals surface area (Å²) in [6.45, 7) is 1.71. The van der Waals surface area contributed by atoms with Crippen molar-refractivity contribution in [3.8, 4) is 0 Å². The average Bonchev–Trinajstić information content (AvgIpc) is 2.94. The third-order valence-electron chi connectivity index (χ3n) is 2.96. The van der Waals surface area contributed by atoms with Crippen LogP contribution in [-0.4, -0.2) is 16.3 Å². The van der Waals surface area contributed by atoms with E-state index in [-0.39, 0.29) is 0 Å². The van der Waals surface area contributed by atoms with Crippen molar-refractivity contribution in [3.05, 3.63) is 56.7 Å². The maximum absolute atomic E-state index is 10.9. The Bertz CT molecular complexity index is 652. The normalized spacial score (nSPS) is 12.5. The number of hydroxylamine groups is 2. The van der Waals surface area contributed by atoms with Gasteiger partial charge in [-0.25, -0.2) is 4.79 Å². The van der Waals surface area contributed by atoms with Gasteiger partial charge in [-0.2, -0.15) is 5.06 Å². The Kier molecular flexibility index (Phi) is 5.01. The first-order valence-electron chi connectivity index (χ1n) is 6.28. The number of hydrogen-bond donors (Lipinski definition) is 2. The van der Waals surface area contributed by atoms with E-state index in [1.807, 2.05) is 48.6 Å². The average molecular weight is 323 g/mol. The Morgan fingerprint density at radius 2 is 1.95 bits per heavy atom. The number of amides is 2. The lowest BCUT2D eigenvalue weighted by Crippen LogP contribution is -2.34. The van der Waals surface area contributed by atoms with Crippen molar-refractivity contribution in [3.63, 3.8) is 0 Å². The van der Waals surface area contributed by atoms with Crippen LogP contribution in [0.3, 0.4) is 0 Å². The second kappa shape index (κ2) is 6.76. The zero-order valence-corrected chi connectivity index (χ0v) is 12.9. The molecule has 110 valence electrons. The van der Waals surface area contributed by atoms with Crippen LogP contribution in [0.2, 0.25) is 5.02 Å². The monoisotopic (exact) mass is 322 g/mol. The summed E-state index contributed by atoms with van der Waals surface area (Å²) in [7, 11) is 0. The number of primary amides is 1. The molecule has 21 heavy (non-hydrogen) atoms. The van der Waals surface area contributed by atoms with Crippen LogP contribution in [0.4, 0.5) is 4.79 Å². The van der Waals surface area contributed by atoms with E-state index in [0.29, 0.717) is 10.1 Å². The quantitative estimate of drug-likeness (QED) is 0.647. The number of carbonyl (C=O) groups excluding carboxylic acids is 1. The van der Waals surface area contributed by atoms with E-state index in [4.69, 9.17) is 17.3 Å². The summed E-state index contributed by atoms with van der Waals surface area (Å²) in [6, 6.07) is 9.98. The number of thiophene rings is 1. The lowest BCUT2D eigenvalue weighted by Gasteiger charge is -2.18. The largest absolute Gasteiger partial charge is 0.350 e. The Balaban J connectivity index is 2.09. The molecule has 0 aliphatic rings. The fourth-order valence-corrected chi connectivity index (χ4v) is 2.82. The van der Waals surface area contributed by atoms with E-state index < -0.39 is 12.1 Å². The van der Waals surface area contributed by atoms with E-state index >= 15 is 0 Å². The van der Waals surface area contributed by atoms with Crippen molar-refractivity contribution in [1.29, 1.82) is 0 Å². The predicted molar refractivity (Wildman–Crippen MR) is 86.3 cm³/mol. The third kappa shape index (κ3) is 4.07. The molecule has 2 aromatic rings. The summed E-state index contributed by atoms with van der Waals surface area (Å²) in [6.07, 6.45) is 3.94. The highest BCUT2D eigenvalue weighted by atomic mass is 35.5. The van der Waals surface area contributed by atoms with Crippen LogP contribution in [-0.2, 0) is 0 Å². The highest BCUT2D eigenvalue weighted by molar-refractivity contribution is 7.13. The molecule has 1 atom stereocenters. The molecule has 0 fully saturated rings. The van der Waals surface area contributed by atoms with Gasteiger partial charge in [-0.05, 0) is 42.8 Å². The van der Waals surface area contributed by atoms with Gasteiger partial charge in [-0.1, -0.05) is 29.8 Å². The van der Waals surface area contributed by atoms with Crippen LogP contribution in [0.5, 0.6) is 0 Å². The van der Waals surface area contributed by atoms with Gasteiger partial charge in [0.15, 0.2) is 0 Å². The highest BCUT2D eigenvalue weighted by Gasteiger charge is 2.18. The van der Waals surface area contributed by atoms with Gasteiger partial charge in [0.2, 0.25) is 0 Å². The number of nitrogens with zero attached hydrogens (tertiary/aromatic N) is 1. The number of rotatable bonds is 4. The van der Waals surface area contributed by atoms with E-state index in [1.165, 1.54) is 11.3 Å². The van der Waals surface area contributed by atoms with Gasteiger partial charge >= 0.3 is 6.03 Å². The van der Waals surface area contributed by atoms with Gasteiger partial charge < -0.3 is 5.73 Å². The van der Waals surface area contributed by atoms with Crippen LogP contribution in [0.1, 0.15) is 28.3 Å². The molecular formula is C15H15ClN2O2S. The summed E-state index contributed by atoms with van der Waals surface area (Å²) in [5, 5.41) is 10.8. The van der Waals surface area contributed by atoms with Crippen molar-refractivity contribution < 1.29 is 10.0 Å². The van der Waals surface area contributed by atoms with Crippen molar-refractivity contribution in [2.75, 3.05) is 0 Å². The van der Waals surface area contributed by atoms with Crippen LogP contribution >= 0.6 is 22.9 Å². The Morgan fingerprint density at radius 1 is 1.29 bits per heavy atom. The topological polar surface area (TPSA) is 66.6 Å². The molecule has 0 spiro atoms. The second-order valence-corrected chi connectivity index (χ2v) is 6.07. The van der Waals surface area contributed by atoms with Crippen molar-refractivity contribution >= 4 is 41.1 Å². The highest BCUT2D eigenvalue weighted by Crippen LogP contribution is 2.27. The second-order valence-electron chi connectivity index (χ2n) is 4.48. The lowest BCUT2D eigenvalue weighted by atomic mass is 10.2. The maximum atomic E-state index is 10.9. The van der Waals surface area contributed by atoms with Crippen LogP contribution in [0.15, 0.2) is 36.4 Å². The molecule has 0 bridgehead atoms. The van der Waals surface area contributed by atoms with Crippen LogP contribution in [0, 0.1) is 0 Å². The Morgan fingerprint density at radius 3 is 2.57 bits per heavy atom. The molecule has 0 saturated carbocycles. The number of nitrogens with two attached hydrogens (primary N) is 1. The first-order chi connectivity index (χ1) is 9.97. The number of halogens is 1. The molecular weight excluding hydrogens is 308 g/mol. The molecule has 4 nitrogen and oxygen atoms in total. The first kappa shape index (κ1) is 15.6. The van der Waals surface area contributed by atoms with Crippen LogP contribution in [0.25, 0.3) is 12.2 Å². The zero-order valence-electron chi connectivity index (χ0n) is 11.4. The van der Waals surface area contributed by atoms with Crippen molar-refractivity contribution in [2.24, 2.45) is 5.73 Å². The summed E-state index contributed by atoms with van der Waals surface area (Å²) < 4.78 is 0. The minimum absolute atomic E-state index is 0.467. The molecule has 2 rings (SSSR count). The summed E-state index contributed by atoms with van der Waals surface area (Å²) in [5.41, 5.74) is 6.09. The molecule has 0 aliphatic carbocycles. The van der Waals surface area contributed by atoms with Gasteiger partial charge in [-0.3, -0.25) is 5.21 Å². The van der Waals surface area contributed by atoms with Crippen LogP contribution < -0.4 is 5.73 Å². The molecule has 6 heteroatoms. The number of urea groups is 1.